The molecule has 0 bridgehead atoms. The van der Waals surface area contributed by atoms with E-state index in [0.29, 0.717) is 12.6 Å². The number of nitrogens with zero attached hydrogens (tertiary/aromatic N) is 1. The fraction of sp³-hybridized carbons (Fsp3) is 0.538. The standard InChI is InChI=1S/C13H18F3N3/c1-19-6-2-3-10(19)8-18-12-5-4-9(17)7-11(12)13(14,15)16/h4-5,7,10,18H,2-3,6,8,17H2,1H3. The van der Waals surface area contributed by atoms with E-state index in [2.05, 4.69) is 10.2 Å². The van der Waals surface area contributed by atoms with E-state index in [0.717, 1.165) is 25.5 Å². The molecule has 3 N–H and O–H groups in total. The largest absolute Gasteiger partial charge is 0.418 e. The van der Waals surface area contributed by atoms with Crippen molar-refractivity contribution in [1.29, 1.82) is 0 Å². The van der Waals surface area contributed by atoms with E-state index < -0.39 is 11.7 Å². The smallest absolute Gasteiger partial charge is 0.399 e. The summed E-state index contributed by atoms with van der Waals surface area (Å²) in [6, 6.07) is 4.14. The van der Waals surface area contributed by atoms with Gasteiger partial charge in [-0.25, -0.2) is 0 Å². The number of nitrogens with one attached hydrogen (secondary N) is 1. The molecule has 0 radical (unpaired) electrons. The molecule has 106 valence electrons. The maximum Gasteiger partial charge on any atom is 0.418 e. The van der Waals surface area contributed by atoms with Gasteiger partial charge in [-0.05, 0) is 44.6 Å². The lowest BCUT2D eigenvalue weighted by atomic mass is 10.1. The highest BCUT2D eigenvalue weighted by Crippen LogP contribution is 2.36. The van der Waals surface area contributed by atoms with Gasteiger partial charge >= 0.3 is 6.18 Å². The second-order valence-corrected chi connectivity index (χ2v) is 4.96. The van der Waals surface area contributed by atoms with Gasteiger partial charge in [-0.3, -0.25) is 0 Å². The van der Waals surface area contributed by atoms with Gasteiger partial charge in [-0.15, -0.1) is 0 Å². The van der Waals surface area contributed by atoms with Gasteiger partial charge in [0.05, 0.1) is 5.56 Å². The Balaban J connectivity index is 2.11. The van der Waals surface area contributed by atoms with Gasteiger partial charge in [0.1, 0.15) is 0 Å². The molecule has 1 unspecified atom stereocenters. The minimum absolute atomic E-state index is 0.0991. The van der Waals surface area contributed by atoms with Crippen LogP contribution in [-0.4, -0.2) is 31.1 Å². The van der Waals surface area contributed by atoms with Crippen LogP contribution >= 0.6 is 0 Å². The minimum Gasteiger partial charge on any atom is -0.399 e. The van der Waals surface area contributed by atoms with Gasteiger partial charge in [-0.2, -0.15) is 13.2 Å². The lowest BCUT2D eigenvalue weighted by Crippen LogP contribution is -2.32. The van der Waals surface area contributed by atoms with Crippen LogP contribution in [0.3, 0.4) is 0 Å². The van der Waals surface area contributed by atoms with E-state index in [1.165, 1.54) is 12.1 Å². The highest BCUT2D eigenvalue weighted by atomic mass is 19.4. The normalized spacial score (nSPS) is 20.7. The second kappa shape index (κ2) is 5.28. The summed E-state index contributed by atoms with van der Waals surface area (Å²) in [4.78, 5) is 2.16. The van der Waals surface area contributed by atoms with Crippen LogP contribution in [0.15, 0.2) is 18.2 Å². The van der Waals surface area contributed by atoms with Crippen LogP contribution < -0.4 is 11.1 Å². The third-order valence-corrected chi connectivity index (χ3v) is 3.55. The zero-order valence-corrected chi connectivity index (χ0v) is 10.8. The highest BCUT2D eigenvalue weighted by Gasteiger charge is 2.34. The Labute approximate surface area is 110 Å². The van der Waals surface area contributed by atoms with Crippen LogP contribution in [0.2, 0.25) is 0 Å². The fourth-order valence-corrected chi connectivity index (χ4v) is 2.42. The predicted molar refractivity (Wildman–Crippen MR) is 70.0 cm³/mol. The fourth-order valence-electron chi connectivity index (χ4n) is 2.42. The average molecular weight is 273 g/mol. The molecule has 1 saturated heterocycles. The molecular formula is C13H18F3N3. The Morgan fingerprint density at radius 3 is 2.74 bits per heavy atom. The molecule has 0 aliphatic carbocycles. The topological polar surface area (TPSA) is 41.3 Å². The third kappa shape index (κ3) is 3.32. The van der Waals surface area contributed by atoms with Crippen molar-refractivity contribution in [3.63, 3.8) is 0 Å². The molecule has 3 nitrogen and oxygen atoms in total. The summed E-state index contributed by atoms with van der Waals surface area (Å²) in [6.45, 7) is 1.52. The molecule has 1 fully saturated rings. The quantitative estimate of drug-likeness (QED) is 0.832. The maximum atomic E-state index is 12.9. The average Bonchev–Trinajstić information content (AvgIpc) is 2.72. The Kier molecular flexibility index (Phi) is 3.89. The van der Waals surface area contributed by atoms with Gasteiger partial charge in [0, 0.05) is 24.0 Å². The van der Waals surface area contributed by atoms with Crippen LogP contribution in [0.1, 0.15) is 18.4 Å². The minimum atomic E-state index is -4.39. The number of nitrogens with two attached hydrogens (primary N) is 1. The zero-order chi connectivity index (χ0) is 14.0. The summed E-state index contributed by atoms with van der Waals surface area (Å²) in [5.74, 6) is 0. The van der Waals surface area contributed by atoms with Crippen molar-refractivity contribution in [2.45, 2.75) is 25.1 Å². The van der Waals surface area contributed by atoms with E-state index in [1.54, 1.807) is 0 Å². The SMILES string of the molecule is CN1CCCC1CNc1ccc(N)cc1C(F)(F)F. The summed E-state index contributed by atoms with van der Waals surface area (Å²) in [5, 5.41) is 2.90. The summed E-state index contributed by atoms with van der Waals surface area (Å²) >= 11 is 0. The van der Waals surface area contributed by atoms with Crippen LogP contribution in [0.5, 0.6) is 0 Å². The molecule has 1 atom stereocenters. The number of anilines is 2. The molecule has 1 aliphatic rings. The molecule has 0 spiro atoms. The number of hydrogen-bond donors (Lipinski definition) is 2. The maximum absolute atomic E-state index is 12.9. The first-order valence-electron chi connectivity index (χ1n) is 6.29. The Morgan fingerprint density at radius 2 is 2.16 bits per heavy atom. The number of likely N-dealkylation sites (N-methyl/N-ethyl adjacent to an activating group) is 1. The summed E-state index contributed by atoms with van der Waals surface area (Å²) in [6.07, 6.45) is -2.28. The molecule has 1 aromatic rings. The molecular weight excluding hydrogens is 255 g/mol. The van der Waals surface area contributed by atoms with Crippen molar-refractivity contribution < 1.29 is 13.2 Å². The molecule has 19 heavy (non-hydrogen) atoms. The number of hydrogen-bond acceptors (Lipinski definition) is 3. The molecule has 0 aromatic heterocycles. The summed E-state index contributed by atoms with van der Waals surface area (Å²) < 4.78 is 38.7. The third-order valence-electron chi connectivity index (χ3n) is 3.55. The van der Waals surface area contributed by atoms with Gasteiger partial charge < -0.3 is 16.0 Å². The van der Waals surface area contributed by atoms with Crippen molar-refractivity contribution >= 4 is 11.4 Å². The number of alkyl halides is 3. The van der Waals surface area contributed by atoms with E-state index in [9.17, 15) is 13.2 Å². The summed E-state index contributed by atoms with van der Waals surface area (Å²) in [5.41, 5.74) is 4.95. The number of nitrogen functional groups attached to an aromatic ring is 1. The number of halogens is 3. The van der Waals surface area contributed by atoms with E-state index in [-0.39, 0.29) is 11.4 Å². The van der Waals surface area contributed by atoms with Crippen molar-refractivity contribution in [3.8, 4) is 0 Å². The van der Waals surface area contributed by atoms with Gasteiger partial charge in [0.25, 0.3) is 0 Å². The summed E-state index contributed by atoms with van der Waals surface area (Å²) in [7, 11) is 1.99. The van der Waals surface area contributed by atoms with Crippen molar-refractivity contribution in [2.24, 2.45) is 0 Å². The van der Waals surface area contributed by atoms with Crippen LogP contribution in [0.25, 0.3) is 0 Å². The number of benzene rings is 1. The van der Waals surface area contributed by atoms with E-state index in [1.807, 2.05) is 7.05 Å². The highest BCUT2D eigenvalue weighted by molar-refractivity contribution is 5.59. The van der Waals surface area contributed by atoms with Gasteiger partial charge in [-0.1, -0.05) is 0 Å². The predicted octanol–water partition coefficient (Wildman–Crippen LogP) is 2.79. The monoisotopic (exact) mass is 273 g/mol. The lowest BCUT2D eigenvalue weighted by Gasteiger charge is -2.22. The first kappa shape index (κ1) is 14.0. The van der Waals surface area contributed by atoms with E-state index in [4.69, 9.17) is 5.73 Å². The second-order valence-electron chi connectivity index (χ2n) is 4.96. The van der Waals surface area contributed by atoms with Crippen molar-refractivity contribution in [3.05, 3.63) is 23.8 Å². The number of likely N-dealkylation sites (tertiary alicyclic amines) is 1. The molecule has 0 amide bonds. The van der Waals surface area contributed by atoms with Crippen molar-refractivity contribution in [2.75, 3.05) is 31.2 Å². The van der Waals surface area contributed by atoms with Crippen molar-refractivity contribution in [1.82, 2.24) is 4.90 Å². The van der Waals surface area contributed by atoms with Gasteiger partial charge in [0.15, 0.2) is 0 Å². The molecule has 2 rings (SSSR count). The van der Waals surface area contributed by atoms with Crippen LogP contribution in [0, 0.1) is 0 Å². The van der Waals surface area contributed by atoms with E-state index >= 15 is 0 Å². The molecule has 1 aromatic carbocycles. The first-order valence-corrected chi connectivity index (χ1v) is 6.29. The number of rotatable bonds is 3. The van der Waals surface area contributed by atoms with Crippen LogP contribution in [-0.2, 0) is 6.18 Å². The molecule has 0 saturated carbocycles. The first-order chi connectivity index (χ1) is 8.88. The van der Waals surface area contributed by atoms with Gasteiger partial charge in [0.2, 0.25) is 0 Å². The molecule has 1 heterocycles. The molecule has 6 heteroatoms. The Bertz CT molecular complexity index is 445. The Hall–Kier alpha value is -1.43. The molecule has 1 aliphatic heterocycles. The van der Waals surface area contributed by atoms with Crippen LogP contribution in [0.4, 0.5) is 24.5 Å². The zero-order valence-electron chi connectivity index (χ0n) is 10.8. The Morgan fingerprint density at radius 1 is 1.42 bits per heavy atom. The lowest BCUT2D eigenvalue weighted by molar-refractivity contribution is -0.136.